The van der Waals surface area contributed by atoms with Crippen LogP contribution < -0.4 is 10.9 Å². The van der Waals surface area contributed by atoms with Crippen molar-refractivity contribution in [3.63, 3.8) is 0 Å². The molecule has 3 aromatic carbocycles. The minimum atomic E-state index is -0.419. The number of fused-ring (bicyclic) bond motifs is 2. The van der Waals surface area contributed by atoms with Gasteiger partial charge in [0.25, 0.3) is 5.56 Å². The quantitative estimate of drug-likeness (QED) is 0.235. The van der Waals surface area contributed by atoms with Gasteiger partial charge in [-0.25, -0.2) is 4.98 Å². The van der Waals surface area contributed by atoms with Crippen molar-refractivity contribution in [3.05, 3.63) is 82.6 Å². The largest absolute Gasteiger partial charge is 0.469 e. The van der Waals surface area contributed by atoms with Crippen LogP contribution in [-0.4, -0.2) is 34.3 Å². The van der Waals surface area contributed by atoms with Gasteiger partial charge in [0.05, 0.1) is 36.2 Å². The number of nitrogens with one attached hydrogen (secondary N) is 1. The molecule has 1 aromatic heterocycles. The molecule has 174 valence electrons. The number of methoxy groups -OCH3 is 1. The van der Waals surface area contributed by atoms with E-state index in [0.29, 0.717) is 16.1 Å². The van der Waals surface area contributed by atoms with E-state index < -0.39 is 5.97 Å². The summed E-state index contributed by atoms with van der Waals surface area (Å²) in [5.41, 5.74) is 1.34. The first-order valence-electron chi connectivity index (χ1n) is 10.9. The summed E-state index contributed by atoms with van der Waals surface area (Å²) in [7, 11) is 1.31. The lowest BCUT2D eigenvalue weighted by atomic mass is 10.00. The second kappa shape index (κ2) is 10.5. The van der Waals surface area contributed by atoms with Crippen LogP contribution in [-0.2, 0) is 20.9 Å². The van der Waals surface area contributed by atoms with Crippen molar-refractivity contribution in [1.29, 1.82) is 0 Å². The maximum atomic E-state index is 13.0. The number of esters is 1. The van der Waals surface area contributed by atoms with Crippen LogP contribution in [0.1, 0.15) is 24.9 Å². The molecule has 1 atom stereocenters. The summed E-state index contributed by atoms with van der Waals surface area (Å²) >= 11 is 1.17. The van der Waals surface area contributed by atoms with Gasteiger partial charge in [-0.3, -0.25) is 19.0 Å². The molecule has 4 aromatic rings. The monoisotopic (exact) mass is 475 g/mol. The molecule has 8 heteroatoms. The van der Waals surface area contributed by atoms with E-state index in [-0.39, 0.29) is 36.2 Å². The molecule has 0 aliphatic heterocycles. The summed E-state index contributed by atoms with van der Waals surface area (Å²) < 4.78 is 6.14. The van der Waals surface area contributed by atoms with Crippen molar-refractivity contribution >= 4 is 45.3 Å². The maximum Gasteiger partial charge on any atom is 0.307 e. The van der Waals surface area contributed by atoms with Crippen LogP contribution in [0, 0.1) is 0 Å². The lowest BCUT2D eigenvalue weighted by Crippen LogP contribution is -2.29. The Morgan fingerprint density at radius 3 is 2.53 bits per heavy atom. The number of hydrogen-bond acceptors (Lipinski definition) is 6. The molecule has 0 aliphatic carbocycles. The van der Waals surface area contributed by atoms with E-state index in [1.165, 1.54) is 23.4 Å². The zero-order chi connectivity index (χ0) is 24.1. The molecule has 34 heavy (non-hydrogen) atoms. The number of aromatic nitrogens is 2. The highest BCUT2D eigenvalue weighted by Crippen LogP contribution is 2.24. The summed E-state index contributed by atoms with van der Waals surface area (Å²) in [6.07, 6.45) is 0.0360. The van der Waals surface area contributed by atoms with E-state index in [2.05, 4.69) is 10.3 Å². The normalized spacial score (nSPS) is 11.9. The summed E-state index contributed by atoms with van der Waals surface area (Å²) in [5.74, 6) is -0.511. The van der Waals surface area contributed by atoms with Crippen LogP contribution in [0.4, 0.5) is 0 Å². The van der Waals surface area contributed by atoms with E-state index in [4.69, 9.17) is 4.74 Å². The van der Waals surface area contributed by atoms with E-state index >= 15 is 0 Å². The van der Waals surface area contributed by atoms with Crippen molar-refractivity contribution in [2.45, 2.75) is 31.1 Å². The van der Waals surface area contributed by atoms with Crippen molar-refractivity contribution in [1.82, 2.24) is 14.9 Å². The Labute approximate surface area is 201 Å². The number of ether oxygens (including phenoxy) is 1. The minimum absolute atomic E-state index is 0.0360. The third kappa shape index (κ3) is 5.12. The fourth-order valence-electron chi connectivity index (χ4n) is 3.88. The molecule has 0 radical (unpaired) electrons. The lowest BCUT2D eigenvalue weighted by Gasteiger charge is -2.17. The average molecular weight is 476 g/mol. The topological polar surface area (TPSA) is 90.3 Å². The molecule has 0 saturated heterocycles. The average Bonchev–Trinajstić information content (AvgIpc) is 2.86. The standard InChI is InChI=1S/C26H25N3O4S/c1-17(19-12-7-9-18-8-3-4-10-20(18)19)27-23(30)16-34-26-28-22-13-6-5-11-21(22)25(32)29(26)15-14-24(31)33-2/h3-13,17H,14-16H2,1-2H3,(H,27,30). The van der Waals surface area contributed by atoms with E-state index in [0.717, 1.165) is 16.3 Å². The van der Waals surface area contributed by atoms with E-state index in [1.807, 2.05) is 49.4 Å². The van der Waals surface area contributed by atoms with Crippen molar-refractivity contribution < 1.29 is 14.3 Å². The number of rotatable bonds is 8. The van der Waals surface area contributed by atoms with Gasteiger partial charge in [-0.15, -0.1) is 0 Å². The molecule has 7 nitrogen and oxygen atoms in total. The molecule has 4 rings (SSSR count). The van der Waals surface area contributed by atoms with Gasteiger partial charge in [-0.2, -0.15) is 0 Å². The fraction of sp³-hybridized carbons (Fsp3) is 0.231. The Morgan fingerprint density at radius 2 is 1.74 bits per heavy atom. The predicted octanol–water partition coefficient (Wildman–Crippen LogP) is 4.08. The molecule has 0 bridgehead atoms. The summed E-state index contributed by atoms with van der Waals surface area (Å²) in [4.78, 5) is 42.1. The molecule has 0 saturated carbocycles. The molecule has 1 unspecified atom stereocenters. The van der Waals surface area contributed by atoms with Gasteiger partial charge in [0.2, 0.25) is 5.91 Å². The highest BCUT2D eigenvalue weighted by molar-refractivity contribution is 7.99. The Kier molecular flexibility index (Phi) is 7.27. The number of para-hydroxylation sites is 1. The summed E-state index contributed by atoms with van der Waals surface area (Å²) in [6, 6.07) is 20.9. The number of amides is 1. The number of nitrogens with zero attached hydrogens (tertiary/aromatic N) is 2. The Morgan fingerprint density at radius 1 is 1.03 bits per heavy atom. The second-order valence-corrected chi connectivity index (χ2v) is 8.78. The third-order valence-electron chi connectivity index (χ3n) is 5.59. The predicted molar refractivity (Wildman–Crippen MR) is 134 cm³/mol. The van der Waals surface area contributed by atoms with Crippen LogP contribution in [0.2, 0.25) is 0 Å². The SMILES string of the molecule is COC(=O)CCn1c(SCC(=O)NC(C)c2cccc3ccccc23)nc2ccccc2c1=O. The maximum absolute atomic E-state index is 13.0. The smallest absolute Gasteiger partial charge is 0.307 e. The molecule has 0 spiro atoms. The Bertz CT molecular complexity index is 1410. The Hall–Kier alpha value is -3.65. The molecule has 0 fully saturated rings. The highest BCUT2D eigenvalue weighted by atomic mass is 32.2. The zero-order valence-electron chi connectivity index (χ0n) is 19.0. The number of hydrogen-bond donors (Lipinski definition) is 1. The van der Waals surface area contributed by atoms with E-state index in [9.17, 15) is 14.4 Å². The minimum Gasteiger partial charge on any atom is -0.469 e. The van der Waals surface area contributed by atoms with Gasteiger partial charge >= 0.3 is 5.97 Å². The zero-order valence-corrected chi connectivity index (χ0v) is 19.8. The van der Waals surface area contributed by atoms with Crippen molar-refractivity contribution in [3.8, 4) is 0 Å². The lowest BCUT2D eigenvalue weighted by molar-refractivity contribution is -0.140. The summed E-state index contributed by atoms with van der Waals surface area (Å²) in [5, 5.41) is 6.11. The first kappa shape index (κ1) is 23.5. The van der Waals surface area contributed by atoms with Crippen LogP contribution >= 0.6 is 11.8 Å². The molecular weight excluding hydrogens is 450 g/mol. The molecule has 0 aliphatic rings. The van der Waals surface area contributed by atoms with Gasteiger partial charge in [0.15, 0.2) is 5.16 Å². The van der Waals surface area contributed by atoms with Crippen LogP contribution in [0.15, 0.2) is 76.7 Å². The number of thioether (sulfide) groups is 1. The third-order valence-corrected chi connectivity index (χ3v) is 6.57. The van der Waals surface area contributed by atoms with Crippen molar-refractivity contribution in [2.24, 2.45) is 0 Å². The molecule has 1 amide bonds. The van der Waals surface area contributed by atoms with Gasteiger partial charge in [-0.1, -0.05) is 66.4 Å². The van der Waals surface area contributed by atoms with E-state index in [1.54, 1.807) is 24.3 Å². The molecular formula is C26H25N3O4S. The van der Waals surface area contributed by atoms with Crippen LogP contribution in [0.3, 0.4) is 0 Å². The first-order chi connectivity index (χ1) is 16.5. The first-order valence-corrected chi connectivity index (χ1v) is 11.9. The van der Waals surface area contributed by atoms with Crippen LogP contribution in [0.25, 0.3) is 21.7 Å². The molecule has 1 N–H and O–H groups in total. The fourth-order valence-corrected chi connectivity index (χ4v) is 4.72. The Balaban J connectivity index is 1.52. The van der Waals surface area contributed by atoms with Gasteiger partial charge in [-0.05, 0) is 35.4 Å². The second-order valence-electron chi connectivity index (χ2n) is 7.84. The van der Waals surface area contributed by atoms with Crippen LogP contribution in [0.5, 0.6) is 0 Å². The van der Waals surface area contributed by atoms with Gasteiger partial charge in [0.1, 0.15) is 0 Å². The molecule has 1 heterocycles. The van der Waals surface area contributed by atoms with Gasteiger partial charge in [0, 0.05) is 6.54 Å². The number of carbonyl (C=O) groups excluding carboxylic acids is 2. The highest BCUT2D eigenvalue weighted by Gasteiger charge is 2.16. The number of carbonyl (C=O) groups is 2. The van der Waals surface area contributed by atoms with Crippen molar-refractivity contribution in [2.75, 3.05) is 12.9 Å². The number of benzene rings is 3. The summed E-state index contributed by atoms with van der Waals surface area (Å²) in [6.45, 7) is 2.07. The van der Waals surface area contributed by atoms with Gasteiger partial charge < -0.3 is 10.1 Å².